The Morgan fingerprint density at radius 1 is 1.23 bits per heavy atom. The fourth-order valence-corrected chi connectivity index (χ4v) is 3.48. The lowest BCUT2D eigenvalue weighted by molar-refractivity contribution is 0.102. The highest BCUT2D eigenvalue weighted by molar-refractivity contribution is 7.14. The lowest BCUT2D eigenvalue weighted by Gasteiger charge is -2.01. The normalized spacial score (nSPS) is 10.8. The fraction of sp³-hybridized carbons (Fsp3) is 0.0556. The van der Waals surface area contributed by atoms with Crippen molar-refractivity contribution in [2.45, 2.75) is 0 Å². The molecule has 0 unspecified atom stereocenters. The number of hydrogen-bond acceptors (Lipinski definition) is 5. The van der Waals surface area contributed by atoms with E-state index >= 15 is 0 Å². The number of anilines is 1. The van der Waals surface area contributed by atoms with Gasteiger partial charge in [0.2, 0.25) is 0 Å². The number of methoxy groups -OCH3 is 1. The van der Waals surface area contributed by atoms with Gasteiger partial charge in [-0.25, -0.2) is 9.50 Å². The average molecular weight is 385 g/mol. The molecule has 0 bridgehead atoms. The number of benzene rings is 1. The quantitative estimate of drug-likeness (QED) is 0.567. The Hall–Kier alpha value is -2.90. The summed E-state index contributed by atoms with van der Waals surface area (Å²) in [5.41, 5.74) is 2.55. The first-order valence-electron chi connectivity index (χ1n) is 7.70. The van der Waals surface area contributed by atoms with E-state index in [2.05, 4.69) is 15.4 Å². The summed E-state index contributed by atoms with van der Waals surface area (Å²) in [6.07, 6.45) is 1.74. The van der Waals surface area contributed by atoms with E-state index in [0.29, 0.717) is 15.7 Å². The highest BCUT2D eigenvalue weighted by Gasteiger charge is 2.19. The molecule has 8 heteroatoms. The van der Waals surface area contributed by atoms with Gasteiger partial charge in [-0.3, -0.25) is 10.1 Å². The van der Waals surface area contributed by atoms with Crippen molar-refractivity contribution < 1.29 is 9.53 Å². The monoisotopic (exact) mass is 384 g/mol. The number of halogens is 1. The van der Waals surface area contributed by atoms with Crippen molar-refractivity contribution in [3.05, 3.63) is 64.8 Å². The number of thiazole rings is 1. The third-order valence-corrected chi connectivity index (χ3v) is 4.94. The van der Waals surface area contributed by atoms with Crippen LogP contribution in [0.2, 0.25) is 5.02 Å². The fourth-order valence-electron chi connectivity index (χ4n) is 2.50. The molecular formula is C18H13ClN4O2S. The number of nitrogens with zero attached hydrogens (tertiary/aromatic N) is 3. The molecule has 3 aromatic heterocycles. The Morgan fingerprint density at radius 3 is 2.77 bits per heavy atom. The summed E-state index contributed by atoms with van der Waals surface area (Å²) in [4.78, 5) is 17.0. The smallest absolute Gasteiger partial charge is 0.279 e. The van der Waals surface area contributed by atoms with Crippen LogP contribution in [-0.2, 0) is 0 Å². The standard InChI is InChI=1S/C18H13ClN4O2S/c1-25-12-7-5-11(6-8-12)13-10-26-18(20-13)21-17(24)16-15(19)14-4-2-3-9-23(14)22-16/h2-10H,1H3,(H,20,21,24). The van der Waals surface area contributed by atoms with Crippen molar-refractivity contribution in [3.8, 4) is 17.0 Å². The van der Waals surface area contributed by atoms with Gasteiger partial charge in [0, 0.05) is 17.1 Å². The molecule has 0 saturated carbocycles. The molecule has 0 aliphatic carbocycles. The van der Waals surface area contributed by atoms with E-state index in [1.54, 1.807) is 23.9 Å². The minimum atomic E-state index is -0.394. The molecule has 6 nitrogen and oxygen atoms in total. The molecule has 1 aromatic carbocycles. The Morgan fingerprint density at radius 2 is 2.04 bits per heavy atom. The average Bonchev–Trinajstić information content (AvgIpc) is 3.27. The van der Waals surface area contributed by atoms with Gasteiger partial charge in [0.25, 0.3) is 5.91 Å². The number of amides is 1. The van der Waals surface area contributed by atoms with Crippen molar-refractivity contribution in [2.24, 2.45) is 0 Å². The van der Waals surface area contributed by atoms with Crippen LogP contribution in [0.5, 0.6) is 5.75 Å². The summed E-state index contributed by atoms with van der Waals surface area (Å²) >= 11 is 7.61. The summed E-state index contributed by atoms with van der Waals surface area (Å²) in [6, 6.07) is 13.0. The summed E-state index contributed by atoms with van der Waals surface area (Å²) in [5, 5.41) is 9.66. The van der Waals surface area contributed by atoms with Crippen molar-refractivity contribution >= 4 is 39.5 Å². The summed E-state index contributed by atoms with van der Waals surface area (Å²) < 4.78 is 6.72. The van der Waals surface area contributed by atoms with Crippen LogP contribution < -0.4 is 10.1 Å². The number of pyridine rings is 1. The molecule has 1 N–H and O–H groups in total. The summed E-state index contributed by atoms with van der Waals surface area (Å²) in [7, 11) is 1.62. The van der Waals surface area contributed by atoms with Crippen LogP contribution in [0.3, 0.4) is 0 Å². The second-order valence-corrected chi connectivity index (χ2v) is 6.65. The summed E-state index contributed by atoms with van der Waals surface area (Å²) in [6.45, 7) is 0. The number of hydrogen-bond donors (Lipinski definition) is 1. The molecule has 0 atom stereocenters. The van der Waals surface area contributed by atoms with Gasteiger partial charge in [-0.2, -0.15) is 5.10 Å². The van der Waals surface area contributed by atoms with Crippen molar-refractivity contribution in [1.29, 1.82) is 0 Å². The number of rotatable bonds is 4. The van der Waals surface area contributed by atoms with Crippen LogP contribution in [0.15, 0.2) is 54.0 Å². The lowest BCUT2D eigenvalue weighted by atomic mass is 10.2. The molecule has 0 radical (unpaired) electrons. The second-order valence-electron chi connectivity index (χ2n) is 5.41. The molecule has 130 valence electrons. The first-order chi connectivity index (χ1) is 12.7. The second kappa shape index (κ2) is 6.78. The van der Waals surface area contributed by atoms with E-state index in [1.807, 2.05) is 41.8 Å². The Kier molecular flexibility index (Phi) is 4.32. The predicted octanol–water partition coefficient (Wildman–Crippen LogP) is 4.37. The zero-order chi connectivity index (χ0) is 18.1. The Labute approximate surface area is 158 Å². The van der Waals surface area contributed by atoms with E-state index in [9.17, 15) is 4.79 Å². The molecule has 4 aromatic rings. The van der Waals surface area contributed by atoms with Crippen LogP contribution in [0.4, 0.5) is 5.13 Å². The zero-order valence-corrected chi connectivity index (χ0v) is 15.2. The molecule has 0 aliphatic rings. The van der Waals surface area contributed by atoms with Gasteiger partial charge in [0.1, 0.15) is 5.75 Å². The Bertz CT molecular complexity index is 1090. The highest BCUT2D eigenvalue weighted by Crippen LogP contribution is 2.28. The molecule has 26 heavy (non-hydrogen) atoms. The van der Waals surface area contributed by atoms with E-state index < -0.39 is 5.91 Å². The van der Waals surface area contributed by atoms with Crippen LogP contribution in [0.1, 0.15) is 10.5 Å². The predicted molar refractivity (Wildman–Crippen MR) is 102 cm³/mol. The molecule has 0 saturated heterocycles. The number of aromatic nitrogens is 3. The highest BCUT2D eigenvalue weighted by atomic mass is 35.5. The van der Waals surface area contributed by atoms with Gasteiger partial charge in [-0.15, -0.1) is 11.3 Å². The van der Waals surface area contributed by atoms with Crippen molar-refractivity contribution in [3.63, 3.8) is 0 Å². The molecule has 1 amide bonds. The summed E-state index contributed by atoms with van der Waals surface area (Å²) in [5.74, 6) is 0.383. The molecule has 0 spiro atoms. The largest absolute Gasteiger partial charge is 0.497 e. The third kappa shape index (κ3) is 3.02. The van der Waals surface area contributed by atoms with Crippen LogP contribution >= 0.6 is 22.9 Å². The minimum absolute atomic E-state index is 0.166. The molecular weight excluding hydrogens is 372 g/mol. The van der Waals surface area contributed by atoms with Crippen LogP contribution in [0.25, 0.3) is 16.8 Å². The number of nitrogens with one attached hydrogen (secondary N) is 1. The lowest BCUT2D eigenvalue weighted by Crippen LogP contribution is -2.13. The maximum atomic E-state index is 12.5. The molecule has 0 aliphatic heterocycles. The van der Waals surface area contributed by atoms with Gasteiger partial charge in [-0.05, 0) is 36.4 Å². The van der Waals surface area contributed by atoms with Crippen LogP contribution in [-0.4, -0.2) is 27.6 Å². The first kappa shape index (κ1) is 16.6. The number of ether oxygens (including phenoxy) is 1. The van der Waals surface area contributed by atoms with E-state index in [1.165, 1.54) is 11.3 Å². The van der Waals surface area contributed by atoms with E-state index in [4.69, 9.17) is 16.3 Å². The maximum Gasteiger partial charge on any atom is 0.279 e. The van der Waals surface area contributed by atoms with E-state index in [-0.39, 0.29) is 5.69 Å². The minimum Gasteiger partial charge on any atom is -0.497 e. The molecule has 0 fully saturated rings. The van der Waals surface area contributed by atoms with Gasteiger partial charge in [0.05, 0.1) is 23.3 Å². The molecule has 4 rings (SSSR count). The number of fused-ring (bicyclic) bond motifs is 1. The van der Waals surface area contributed by atoms with Crippen molar-refractivity contribution in [1.82, 2.24) is 14.6 Å². The Balaban J connectivity index is 1.56. The third-order valence-electron chi connectivity index (χ3n) is 3.81. The number of carbonyl (C=O) groups excluding carboxylic acids is 1. The van der Waals surface area contributed by atoms with Crippen LogP contribution in [0, 0.1) is 0 Å². The molecule has 3 heterocycles. The zero-order valence-electron chi connectivity index (χ0n) is 13.6. The maximum absolute atomic E-state index is 12.5. The van der Waals surface area contributed by atoms with Gasteiger partial charge >= 0.3 is 0 Å². The van der Waals surface area contributed by atoms with Crippen molar-refractivity contribution in [2.75, 3.05) is 12.4 Å². The van der Waals surface area contributed by atoms with Gasteiger partial charge < -0.3 is 4.74 Å². The van der Waals surface area contributed by atoms with E-state index in [0.717, 1.165) is 17.0 Å². The van der Waals surface area contributed by atoms with Gasteiger partial charge in [-0.1, -0.05) is 17.7 Å². The number of carbonyl (C=O) groups is 1. The topological polar surface area (TPSA) is 68.5 Å². The van der Waals surface area contributed by atoms with Gasteiger partial charge in [0.15, 0.2) is 10.8 Å². The SMILES string of the molecule is COc1ccc(-c2csc(NC(=O)c3nn4ccccc4c3Cl)n2)cc1. The first-order valence-corrected chi connectivity index (χ1v) is 8.95.